The van der Waals surface area contributed by atoms with Crippen molar-refractivity contribution in [3.63, 3.8) is 0 Å². The van der Waals surface area contributed by atoms with E-state index in [0.717, 1.165) is 6.42 Å². The van der Waals surface area contributed by atoms with Crippen LogP contribution in [0.15, 0.2) is 24.3 Å². The average Bonchev–Trinajstić information content (AvgIpc) is 1.90. The number of allylic oxidation sites excluding steroid dienone is 2. The van der Waals surface area contributed by atoms with Gasteiger partial charge in [0.15, 0.2) is 0 Å². The van der Waals surface area contributed by atoms with Crippen molar-refractivity contribution in [2.75, 3.05) is 0 Å². The van der Waals surface area contributed by atoms with Crippen LogP contribution in [0, 0.1) is 0 Å². The van der Waals surface area contributed by atoms with Gasteiger partial charge in [0.25, 0.3) is 0 Å². The van der Waals surface area contributed by atoms with Crippen molar-refractivity contribution in [1.29, 1.82) is 0 Å². The average molecular weight is 111 g/mol. The molecular weight excluding hydrogens is 102 g/mol. The van der Waals surface area contributed by atoms with Gasteiger partial charge in [-0.15, -0.1) is 0 Å². The second-order valence-corrected chi connectivity index (χ2v) is 1.72. The second kappa shape index (κ2) is 2.64. The number of hydrogen-bond donors (Lipinski definition) is 1. The van der Waals surface area contributed by atoms with Gasteiger partial charge in [0.05, 0.1) is 0 Å². The van der Waals surface area contributed by atoms with E-state index in [1.165, 1.54) is 0 Å². The van der Waals surface area contributed by atoms with E-state index in [0.29, 0.717) is 0 Å². The Morgan fingerprint density at radius 1 is 1.50 bits per heavy atom. The van der Waals surface area contributed by atoms with Crippen LogP contribution in [0.1, 0.15) is 6.42 Å². The summed E-state index contributed by atoms with van der Waals surface area (Å²) < 4.78 is 0. The number of nitrogens with two attached hydrogens (primary N) is 1. The van der Waals surface area contributed by atoms with Gasteiger partial charge in [-0.25, -0.2) is 5.90 Å². The van der Waals surface area contributed by atoms with Crippen LogP contribution in [0.5, 0.6) is 0 Å². The van der Waals surface area contributed by atoms with Crippen LogP contribution in [0.2, 0.25) is 0 Å². The third kappa shape index (κ3) is 1.18. The Balaban J connectivity index is 2.40. The summed E-state index contributed by atoms with van der Waals surface area (Å²) in [7, 11) is 0. The Labute approximate surface area is 48.6 Å². The summed E-state index contributed by atoms with van der Waals surface area (Å²) in [6.07, 6.45) is 8.86. The van der Waals surface area contributed by atoms with Crippen LogP contribution in [-0.2, 0) is 4.84 Å². The van der Waals surface area contributed by atoms with E-state index in [9.17, 15) is 0 Å². The largest absolute Gasteiger partial charge is 0.297 e. The highest BCUT2D eigenvalue weighted by molar-refractivity contribution is 5.11. The molecule has 0 saturated heterocycles. The van der Waals surface area contributed by atoms with Crippen LogP contribution < -0.4 is 5.90 Å². The molecule has 0 spiro atoms. The Kier molecular flexibility index (Phi) is 1.83. The fourth-order valence-corrected chi connectivity index (χ4v) is 0.659. The SMILES string of the molecule is NO[C@@H]1C=CC=CC1. The number of rotatable bonds is 1. The fourth-order valence-electron chi connectivity index (χ4n) is 0.659. The smallest absolute Gasteiger partial charge is 0.101 e. The summed E-state index contributed by atoms with van der Waals surface area (Å²) in [5, 5.41) is 0. The van der Waals surface area contributed by atoms with E-state index in [4.69, 9.17) is 5.90 Å². The molecule has 44 valence electrons. The first-order valence-electron chi connectivity index (χ1n) is 2.62. The zero-order valence-electron chi connectivity index (χ0n) is 4.58. The van der Waals surface area contributed by atoms with Crippen LogP contribution >= 0.6 is 0 Å². The Morgan fingerprint density at radius 2 is 2.38 bits per heavy atom. The summed E-state index contributed by atoms with van der Waals surface area (Å²) in [6, 6.07) is 0. The first kappa shape index (κ1) is 5.54. The molecule has 1 atom stereocenters. The van der Waals surface area contributed by atoms with Crippen LogP contribution in [0.3, 0.4) is 0 Å². The van der Waals surface area contributed by atoms with Gasteiger partial charge in [-0.3, -0.25) is 4.84 Å². The lowest BCUT2D eigenvalue weighted by Crippen LogP contribution is -2.14. The molecule has 2 N–H and O–H groups in total. The first-order chi connectivity index (χ1) is 3.93. The van der Waals surface area contributed by atoms with Crippen molar-refractivity contribution < 1.29 is 4.84 Å². The zero-order chi connectivity index (χ0) is 5.82. The highest BCUT2D eigenvalue weighted by atomic mass is 16.6. The molecule has 0 amide bonds. The standard InChI is InChI=1S/C6H9NO/c7-8-6-4-2-1-3-5-6/h1-4,6H,5,7H2/t6-/m1/s1. The molecule has 0 aromatic heterocycles. The van der Waals surface area contributed by atoms with Gasteiger partial charge in [0.1, 0.15) is 6.10 Å². The van der Waals surface area contributed by atoms with Gasteiger partial charge < -0.3 is 0 Å². The molecule has 1 aliphatic carbocycles. The van der Waals surface area contributed by atoms with E-state index < -0.39 is 0 Å². The lowest BCUT2D eigenvalue weighted by molar-refractivity contribution is 0.0879. The van der Waals surface area contributed by atoms with Crippen molar-refractivity contribution in [2.45, 2.75) is 12.5 Å². The molecule has 1 aliphatic rings. The van der Waals surface area contributed by atoms with Crippen molar-refractivity contribution in [3.8, 4) is 0 Å². The predicted molar refractivity (Wildman–Crippen MR) is 32.0 cm³/mol. The molecule has 0 bridgehead atoms. The minimum absolute atomic E-state index is 0.0972. The molecule has 2 heteroatoms. The van der Waals surface area contributed by atoms with Gasteiger partial charge in [0.2, 0.25) is 0 Å². The number of hydrogen-bond acceptors (Lipinski definition) is 2. The summed E-state index contributed by atoms with van der Waals surface area (Å²) in [6.45, 7) is 0. The van der Waals surface area contributed by atoms with Crippen LogP contribution in [-0.4, -0.2) is 6.10 Å². The van der Waals surface area contributed by atoms with E-state index in [2.05, 4.69) is 4.84 Å². The normalized spacial score (nSPS) is 26.4. The van der Waals surface area contributed by atoms with Crippen molar-refractivity contribution in [3.05, 3.63) is 24.3 Å². The van der Waals surface area contributed by atoms with Gasteiger partial charge in [-0.2, -0.15) is 0 Å². The van der Waals surface area contributed by atoms with E-state index in [1.807, 2.05) is 24.3 Å². The van der Waals surface area contributed by atoms with Crippen LogP contribution in [0.4, 0.5) is 0 Å². The highest BCUT2D eigenvalue weighted by Crippen LogP contribution is 2.03. The molecule has 0 aliphatic heterocycles. The van der Waals surface area contributed by atoms with Gasteiger partial charge >= 0.3 is 0 Å². The molecular formula is C6H9NO. The molecule has 0 radical (unpaired) electrons. The lowest BCUT2D eigenvalue weighted by Gasteiger charge is -2.07. The van der Waals surface area contributed by atoms with E-state index in [-0.39, 0.29) is 6.10 Å². The van der Waals surface area contributed by atoms with Gasteiger partial charge in [0, 0.05) is 0 Å². The maximum atomic E-state index is 4.92. The van der Waals surface area contributed by atoms with Crippen molar-refractivity contribution in [2.24, 2.45) is 5.90 Å². The zero-order valence-corrected chi connectivity index (χ0v) is 4.58. The van der Waals surface area contributed by atoms with Gasteiger partial charge in [-0.1, -0.05) is 24.3 Å². The minimum atomic E-state index is 0.0972. The molecule has 0 aromatic rings. The molecule has 0 saturated carbocycles. The highest BCUT2D eigenvalue weighted by Gasteiger charge is 2.00. The summed E-state index contributed by atoms with van der Waals surface area (Å²) >= 11 is 0. The molecule has 2 nitrogen and oxygen atoms in total. The van der Waals surface area contributed by atoms with Crippen molar-refractivity contribution >= 4 is 0 Å². The van der Waals surface area contributed by atoms with Crippen LogP contribution in [0.25, 0.3) is 0 Å². The maximum Gasteiger partial charge on any atom is 0.101 e. The van der Waals surface area contributed by atoms with E-state index >= 15 is 0 Å². The summed E-state index contributed by atoms with van der Waals surface area (Å²) in [5.74, 6) is 4.92. The second-order valence-electron chi connectivity index (χ2n) is 1.72. The molecule has 8 heavy (non-hydrogen) atoms. The molecule has 0 aromatic carbocycles. The third-order valence-corrected chi connectivity index (χ3v) is 1.12. The lowest BCUT2D eigenvalue weighted by atomic mass is 10.1. The molecule has 0 heterocycles. The first-order valence-corrected chi connectivity index (χ1v) is 2.62. The molecule has 0 fully saturated rings. The quantitative estimate of drug-likeness (QED) is 0.507. The van der Waals surface area contributed by atoms with Gasteiger partial charge in [-0.05, 0) is 6.42 Å². The Hall–Kier alpha value is -0.600. The maximum absolute atomic E-state index is 4.92. The van der Waals surface area contributed by atoms with Crippen molar-refractivity contribution in [1.82, 2.24) is 0 Å². The minimum Gasteiger partial charge on any atom is -0.297 e. The topological polar surface area (TPSA) is 35.2 Å². The van der Waals surface area contributed by atoms with E-state index in [1.54, 1.807) is 0 Å². The fraction of sp³-hybridized carbons (Fsp3) is 0.333. The third-order valence-electron chi connectivity index (χ3n) is 1.12. The summed E-state index contributed by atoms with van der Waals surface area (Å²) in [5.41, 5.74) is 0. The molecule has 0 unspecified atom stereocenters. The predicted octanol–water partition coefficient (Wildman–Crippen LogP) is 0.761. The molecule has 1 rings (SSSR count). The Morgan fingerprint density at radius 3 is 2.75 bits per heavy atom. The summed E-state index contributed by atoms with van der Waals surface area (Å²) in [4.78, 5) is 4.55. The Bertz CT molecular complexity index is 118. The monoisotopic (exact) mass is 111 g/mol.